The van der Waals surface area contributed by atoms with Gasteiger partial charge in [-0.3, -0.25) is 14.3 Å². The van der Waals surface area contributed by atoms with Crippen molar-refractivity contribution in [2.45, 2.75) is 128 Å². The van der Waals surface area contributed by atoms with Crippen molar-refractivity contribution >= 4 is 0 Å². The normalized spacial score (nSPS) is 23.5. The number of ether oxygens (including phenoxy) is 2. The molecule has 0 aliphatic carbocycles. The third-order valence-corrected chi connectivity index (χ3v) is 6.25. The molecule has 1 saturated heterocycles. The summed E-state index contributed by atoms with van der Waals surface area (Å²) in [6, 6.07) is 1.23. The molecule has 0 bridgehead atoms. The van der Waals surface area contributed by atoms with Crippen LogP contribution >= 0.6 is 0 Å². The maximum atomic E-state index is 12.1. The van der Waals surface area contributed by atoms with Crippen molar-refractivity contribution < 1.29 is 16.0 Å². The zero-order valence-corrected chi connectivity index (χ0v) is 19.8. The summed E-state index contributed by atoms with van der Waals surface area (Å²) in [4.78, 5) is 25.7. The molecule has 1 unspecified atom stereocenters. The zero-order valence-electron chi connectivity index (χ0n) is 20.8. The Labute approximate surface area is 193 Å². The molecule has 2 heterocycles. The third-order valence-electron chi connectivity index (χ3n) is 6.25. The fourth-order valence-electron chi connectivity index (χ4n) is 4.27. The second-order valence-corrected chi connectivity index (χ2v) is 9.00. The van der Waals surface area contributed by atoms with Crippen LogP contribution in [0.1, 0.15) is 111 Å². The van der Waals surface area contributed by atoms with E-state index < -0.39 is 35.8 Å². The van der Waals surface area contributed by atoms with Gasteiger partial charge in [0.15, 0.2) is 6.23 Å². The minimum Gasteiger partial charge on any atom is -0.388 e. The van der Waals surface area contributed by atoms with E-state index in [1.807, 2.05) is 0 Å². The number of aromatic amines is 1. The molecule has 0 spiro atoms. The van der Waals surface area contributed by atoms with Gasteiger partial charge in [0.1, 0.15) is 12.2 Å². The van der Waals surface area contributed by atoms with E-state index in [1.165, 1.54) is 93.9 Å². The molecule has 1 aliphatic rings. The van der Waals surface area contributed by atoms with Crippen LogP contribution in [-0.4, -0.2) is 39.6 Å². The summed E-state index contributed by atoms with van der Waals surface area (Å²) in [5, 5.41) is 10.5. The number of aliphatic hydroxyl groups excluding tert-OH is 1. The Balaban J connectivity index is 1.58. The average molecular weight is 454 g/mol. The van der Waals surface area contributed by atoms with E-state index >= 15 is 0 Å². The molecule has 1 aromatic heterocycles. The van der Waals surface area contributed by atoms with Crippen LogP contribution in [0.25, 0.3) is 0 Å². The Morgan fingerprint density at radius 1 is 1.00 bits per heavy atom. The van der Waals surface area contributed by atoms with Crippen LogP contribution < -0.4 is 11.2 Å². The highest BCUT2D eigenvalue weighted by Crippen LogP contribution is 2.30. The first kappa shape index (κ1) is 25.2. The lowest BCUT2D eigenvalue weighted by Gasteiger charge is -2.22. The second kappa shape index (κ2) is 15.4. The minimum absolute atomic E-state index is 0.130. The quantitative estimate of drug-likeness (QED) is 0.334. The molecule has 4 atom stereocenters. The number of aliphatic hydroxyl groups is 1. The van der Waals surface area contributed by atoms with E-state index in [4.69, 9.17) is 10.8 Å². The van der Waals surface area contributed by atoms with Crippen LogP contribution in [0, 0.1) is 0 Å². The van der Waals surface area contributed by atoms with Gasteiger partial charge in [-0.05, 0) is 13.3 Å². The maximum Gasteiger partial charge on any atom is 0.330 e. The topological polar surface area (TPSA) is 93.6 Å². The summed E-state index contributed by atoms with van der Waals surface area (Å²) < 4.78 is 20.4. The highest BCUT2D eigenvalue weighted by atomic mass is 16.6. The van der Waals surface area contributed by atoms with Gasteiger partial charge in [0.2, 0.25) is 0 Å². The van der Waals surface area contributed by atoms with E-state index in [1.54, 1.807) is 0 Å². The molecular formula is C25H44N2O5. The summed E-state index contributed by atoms with van der Waals surface area (Å²) in [5.41, 5.74) is -1.11. The number of H-pyrrole nitrogens is 1. The zero-order chi connectivity index (χ0) is 23.9. The highest BCUT2D eigenvalue weighted by Gasteiger charge is 2.43. The van der Waals surface area contributed by atoms with Gasteiger partial charge in [-0.2, -0.15) is 0 Å². The smallest absolute Gasteiger partial charge is 0.330 e. The Morgan fingerprint density at radius 3 is 2.09 bits per heavy atom. The minimum atomic E-state index is -0.988. The van der Waals surface area contributed by atoms with E-state index in [9.17, 15) is 14.7 Å². The molecule has 2 rings (SSSR count). The Bertz CT molecular complexity index is 753. The SMILES string of the molecule is [2H]C[C@H]1OC(n2ccc(=O)[nH]c2=O)[C@H](OCCCCCCCCCCCCCCCC)[C@@H]1O. The summed E-state index contributed by atoms with van der Waals surface area (Å²) >= 11 is 0. The molecule has 7 nitrogen and oxygen atoms in total. The van der Waals surface area contributed by atoms with Gasteiger partial charge in [-0.15, -0.1) is 0 Å². The third kappa shape index (κ3) is 9.20. The van der Waals surface area contributed by atoms with Gasteiger partial charge in [0.25, 0.3) is 5.56 Å². The molecule has 0 radical (unpaired) electrons. The van der Waals surface area contributed by atoms with Crippen LogP contribution in [0.15, 0.2) is 21.9 Å². The molecule has 32 heavy (non-hydrogen) atoms. The fraction of sp³-hybridized carbons (Fsp3) is 0.840. The van der Waals surface area contributed by atoms with Crippen LogP contribution in [0.4, 0.5) is 0 Å². The van der Waals surface area contributed by atoms with Crippen molar-refractivity contribution in [3.05, 3.63) is 33.1 Å². The van der Waals surface area contributed by atoms with Crippen molar-refractivity contribution in [3.63, 3.8) is 0 Å². The molecule has 0 amide bonds. The first-order valence-electron chi connectivity index (χ1n) is 13.3. The largest absolute Gasteiger partial charge is 0.388 e. The summed E-state index contributed by atoms with van der Waals surface area (Å²) in [7, 11) is 0. The lowest BCUT2D eigenvalue weighted by atomic mass is 10.0. The number of hydrogen-bond donors (Lipinski definition) is 2. The van der Waals surface area contributed by atoms with Gasteiger partial charge < -0.3 is 14.6 Å². The van der Waals surface area contributed by atoms with Crippen molar-refractivity contribution in [3.8, 4) is 0 Å². The summed E-state index contributed by atoms with van der Waals surface area (Å²) in [6.45, 7) is 2.59. The Hall–Kier alpha value is -1.44. The van der Waals surface area contributed by atoms with Crippen LogP contribution in [-0.2, 0) is 9.47 Å². The molecule has 7 heteroatoms. The van der Waals surface area contributed by atoms with Gasteiger partial charge in [-0.25, -0.2) is 4.79 Å². The van der Waals surface area contributed by atoms with E-state index in [0.29, 0.717) is 6.61 Å². The lowest BCUT2D eigenvalue weighted by Crippen LogP contribution is -2.39. The Kier molecular flexibility index (Phi) is 12.1. The van der Waals surface area contributed by atoms with E-state index in [0.717, 1.165) is 12.8 Å². The summed E-state index contributed by atoms with van der Waals surface area (Å²) in [5.74, 6) is 0. The van der Waals surface area contributed by atoms with Crippen molar-refractivity contribution in [2.75, 3.05) is 6.61 Å². The van der Waals surface area contributed by atoms with E-state index in [-0.39, 0.29) is 6.90 Å². The van der Waals surface area contributed by atoms with E-state index in [2.05, 4.69) is 11.9 Å². The molecule has 1 fully saturated rings. The number of nitrogens with zero attached hydrogens (tertiary/aromatic N) is 1. The number of nitrogens with one attached hydrogen (secondary N) is 1. The number of rotatable bonds is 17. The molecular weight excluding hydrogens is 408 g/mol. The molecule has 184 valence electrons. The average Bonchev–Trinajstić information content (AvgIpc) is 3.11. The van der Waals surface area contributed by atoms with Crippen molar-refractivity contribution in [1.82, 2.24) is 9.55 Å². The van der Waals surface area contributed by atoms with Gasteiger partial charge in [-0.1, -0.05) is 90.4 Å². The highest BCUT2D eigenvalue weighted by molar-refractivity contribution is 4.92. The van der Waals surface area contributed by atoms with Gasteiger partial charge >= 0.3 is 5.69 Å². The maximum absolute atomic E-state index is 12.1. The molecule has 0 saturated carbocycles. The summed E-state index contributed by atoms with van der Waals surface area (Å²) in [6.07, 6.45) is 15.9. The molecule has 0 aromatic carbocycles. The van der Waals surface area contributed by atoms with Gasteiger partial charge in [0, 0.05) is 20.2 Å². The monoisotopic (exact) mass is 453 g/mol. The molecule has 1 aliphatic heterocycles. The van der Waals surface area contributed by atoms with Gasteiger partial charge in [0.05, 0.1) is 6.10 Å². The predicted molar refractivity (Wildman–Crippen MR) is 127 cm³/mol. The first-order chi connectivity index (χ1) is 16.1. The molecule has 1 aromatic rings. The molecule has 2 N–H and O–H groups in total. The lowest BCUT2D eigenvalue weighted by molar-refractivity contribution is -0.0703. The van der Waals surface area contributed by atoms with Crippen molar-refractivity contribution in [1.29, 1.82) is 0 Å². The second-order valence-electron chi connectivity index (χ2n) is 9.00. The van der Waals surface area contributed by atoms with Crippen LogP contribution in [0.5, 0.6) is 0 Å². The first-order valence-corrected chi connectivity index (χ1v) is 12.6. The van der Waals surface area contributed by atoms with Crippen molar-refractivity contribution in [2.24, 2.45) is 0 Å². The number of hydrogen-bond acceptors (Lipinski definition) is 5. The number of unbranched alkanes of at least 4 members (excludes halogenated alkanes) is 13. The standard InChI is InChI=1S/C25H44N2O5/c1-3-4-5-6-7-8-9-10-11-12-13-14-15-16-19-31-23-22(29)20(2)32-24(23)27-18-17-21(28)26-25(27)30/h17-18,20,22-24,29H,3-16,19H2,1-2H3,(H,26,28,30)/t20-,22-,23-,24?/m1/s1/i2D. The fourth-order valence-corrected chi connectivity index (χ4v) is 4.27. The Morgan fingerprint density at radius 2 is 1.56 bits per heavy atom. The van der Waals surface area contributed by atoms with Crippen LogP contribution in [0.3, 0.4) is 0 Å². The van der Waals surface area contributed by atoms with Crippen LogP contribution in [0.2, 0.25) is 0 Å². The predicted octanol–water partition coefficient (Wildman–Crippen LogP) is 4.68. The number of aromatic nitrogens is 2.